The molecule has 0 radical (unpaired) electrons. The van der Waals surface area contributed by atoms with Crippen LogP contribution in [0.5, 0.6) is 5.75 Å². The summed E-state index contributed by atoms with van der Waals surface area (Å²) in [7, 11) is 0. The number of likely N-dealkylation sites (tertiary alicyclic amines) is 1. The summed E-state index contributed by atoms with van der Waals surface area (Å²) in [4.78, 5) is 29.8. The van der Waals surface area contributed by atoms with E-state index in [2.05, 4.69) is 4.90 Å². The molecule has 2 aromatic carbocycles. The first kappa shape index (κ1) is 25.1. The van der Waals surface area contributed by atoms with Crippen molar-refractivity contribution < 1.29 is 19.4 Å². The molecule has 1 aliphatic rings. The van der Waals surface area contributed by atoms with E-state index in [0.29, 0.717) is 46.6 Å². The van der Waals surface area contributed by atoms with Crippen molar-refractivity contribution in [3.05, 3.63) is 69.2 Å². The Morgan fingerprint density at radius 3 is 2.27 bits per heavy atom. The van der Waals surface area contributed by atoms with Gasteiger partial charge >= 0.3 is 0 Å². The third-order valence-corrected chi connectivity index (χ3v) is 6.53. The van der Waals surface area contributed by atoms with Crippen molar-refractivity contribution in [3.8, 4) is 5.75 Å². The topological polar surface area (TPSA) is 70.1 Å². The SMILES string of the molecule is CCOc1ccc(/C(O)=C2\C(=O)C(=O)N(CCN(CC)CC)[C@@H]2c2ccc(Cl)c(Cl)c2)cc1. The van der Waals surface area contributed by atoms with Crippen molar-refractivity contribution in [2.24, 2.45) is 0 Å². The molecule has 0 aliphatic carbocycles. The number of ether oxygens (including phenoxy) is 1. The second-order valence-corrected chi connectivity index (χ2v) is 8.46. The lowest BCUT2D eigenvalue weighted by molar-refractivity contribution is -0.140. The molecule has 176 valence electrons. The van der Waals surface area contributed by atoms with Gasteiger partial charge in [0.15, 0.2) is 0 Å². The van der Waals surface area contributed by atoms with Crippen LogP contribution >= 0.6 is 23.2 Å². The van der Waals surface area contributed by atoms with E-state index in [4.69, 9.17) is 27.9 Å². The molecule has 1 atom stereocenters. The number of aliphatic hydroxyl groups is 1. The number of likely N-dealkylation sites (N-methyl/N-ethyl adjacent to an activating group) is 1. The highest BCUT2D eigenvalue weighted by atomic mass is 35.5. The summed E-state index contributed by atoms with van der Waals surface area (Å²) in [6, 6.07) is 11.0. The van der Waals surface area contributed by atoms with Gasteiger partial charge in [-0.2, -0.15) is 0 Å². The van der Waals surface area contributed by atoms with Crippen molar-refractivity contribution >= 4 is 40.7 Å². The first-order valence-corrected chi connectivity index (χ1v) is 11.8. The van der Waals surface area contributed by atoms with E-state index < -0.39 is 17.7 Å². The first-order valence-electron chi connectivity index (χ1n) is 11.0. The lowest BCUT2D eigenvalue weighted by atomic mass is 9.95. The third-order valence-electron chi connectivity index (χ3n) is 5.79. The zero-order valence-corrected chi connectivity index (χ0v) is 20.5. The number of carbonyl (C=O) groups excluding carboxylic acids is 2. The number of nitrogens with zero attached hydrogens (tertiary/aromatic N) is 2. The zero-order valence-electron chi connectivity index (χ0n) is 19.0. The average Bonchev–Trinajstić information content (AvgIpc) is 3.06. The quantitative estimate of drug-likeness (QED) is 0.298. The van der Waals surface area contributed by atoms with Crippen LogP contribution in [-0.2, 0) is 9.59 Å². The van der Waals surface area contributed by atoms with Crippen molar-refractivity contribution in [2.45, 2.75) is 26.8 Å². The Hall–Kier alpha value is -2.54. The summed E-state index contributed by atoms with van der Waals surface area (Å²) < 4.78 is 5.45. The Labute approximate surface area is 204 Å². The summed E-state index contributed by atoms with van der Waals surface area (Å²) in [5, 5.41) is 11.8. The van der Waals surface area contributed by atoms with Crippen LogP contribution in [-0.4, -0.2) is 59.4 Å². The van der Waals surface area contributed by atoms with Gasteiger partial charge in [-0.25, -0.2) is 0 Å². The Bertz CT molecular complexity index is 1050. The number of ketones is 1. The molecular formula is C25H28Cl2N2O4. The fourth-order valence-electron chi connectivity index (χ4n) is 3.96. The van der Waals surface area contributed by atoms with Gasteiger partial charge in [0.1, 0.15) is 11.5 Å². The number of hydrogen-bond donors (Lipinski definition) is 1. The number of benzene rings is 2. The smallest absolute Gasteiger partial charge is 0.295 e. The molecule has 6 nitrogen and oxygen atoms in total. The largest absolute Gasteiger partial charge is 0.507 e. The summed E-state index contributed by atoms with van der Waals surface area (Å²) in [6.45, 7) is 9.05. The molecule has 0 unspecified atom stereocenters. The lowest BCUT2D eigenvalue weighted by Gasteiger charge is -2.28. The molecule has 0 bridgehead atoms. The minimum absolute atomic E-state index is 0.0297. The molecule has 0 aromatic heterocycles. The lowest BCUT2D eigenvalue weighted by Crippen LogP contribution is -2.38. The van der Waals surface area contributed by atoms with Crippen LogP contribution in [0, 0.1) is 0 Å². The zero-order chi connectivity index (χ0) is 24.1. The summed E-state index contributed by atoms with van der Waals surface area (Å²) in [6.07, 6.45) is 0. The van der Waals surface area contributed by atoms with Gasteiger partial charge in [-0.1, -0.05) is 43.1 Å². The van der Waals surface area contributed by atoms with E-state index >= 15 is 0 Å². The van der Waals surface area contributed by atoms with Crippen LogP contribution in [0.15, 0.2) is 48.0 Å². The Morgan fingerprint density at radius 2 is 1.70 bits per heavy atom. The van der Waals surface area contributed by atoms with E-state index in [1.807, 2.05) is 20.8 Å². The number of aliphatic hydroxyl groups excluding tert-OH is 1. The van der Waals surface area contributed by atoms with Gasteiger partial charge in [-0.15, -0.1) is 0 Å². The molecular weight excluding hydrogens is 463 g/mol. The van der Waals surface area contributed by atoms with Crippen LogP contribution in [0.3, 0.4) is 0 Å². The maximum Gasteiger partial charge on any atom is 0.295 e. The van der Waals surface area contributed by atoms with Gasteiger partial charge < -0.3 is 19.6 Å². The third kappa shape index (κ3) is 5.35. The van der Waals surface area contributed by atoms with Gasteiger partial charge in [-0.3, -0.25) is 9.59 Å². The monoisotopic (exact) mass is 490 g/mol. The number of halogens is 2. The molecule has 1 fully saturated rings. The number of hydrogen-bond acceptors (Lipinski definition) is 5. The fourth-order valence-corrected chi connectivity index (χ4v) is 4.27. The highest BCUT2D eigenvalue weighted by Gasteiger charge is 2.46. The van der Waals surface area contributed by atoms with Crippen molar-refractivity contribution in [2.75, 3.05) is 32.8 Å². The molecule has 1 saturated heterocycles. The standard InChI is InChI=1S/C25H28Cl2N2O4/c1-4-28(5-2)13-14-29-22(17-9-12-19(26)20(27)15-17)21(24(31)25(29)32)23(30)16-7-10-18(11-8-16)33-6-3/h7-12,15,22,30H,4-6,13-14H2,1-3H3/b23-21+/t22-/m1/s1. The first-order chi connectivity index (χ1) is 15.8. The van der Waals surface area contributed by atoms with Crippen LogP contribution < -0.4 is 4.74 Å². The minimum Gasteiger partial charge on any atom is -0.507 e. The van der Waals surface area contributed by atoms with Crippen molar-refractivity contribution in [1.82, 2.24) is 9.80 Å². The predicted octanol–water partition coefficient (Wildman–Crippen LogP) is 5.16. The second kappa shape index (κ2) is 11.1. The number of carbonyl (C=O) groups is 2. The summed E-state index contributed by atoms with van der Waals surface area (Å²) in [5.74, 6) is -0.963. The number of amides is 1. The van der Waals surface area contributed by atoms with Crippen molar-refractivity contribution in [3.63, 3.8) is 0 Å². The minimum atomic E-state index is -0.776. The molecule has 33 heavy (non-hydrogen) atoms. The molecule has 3 rings (SSSR count). The second-order valence-electron chi connectivity index (χ2n) is 7.65. The molecule has 8 heteroatoms. The van der Waals surface area contributed by atoms with E-state index in [0.717, 1.165) is 13.1 Å². The van der Waals surface area contributed by atoms with Crippen LogP contribution in [0.4, 0.5) is 0 Å². The van der Waals surface area contributed by atoms with E-state index in [9.17, 15) is 14.7 Å². The molecule has 0 saturated carbocycles. The Morgan fingerprint density at radius 1 is 1.03 bits per heavy atom. The highest BCUT2D eigenvalue weighted by Crippen LogP contribution is 2.41. The molecule has 1 aliphatic heterocycles. The van der Waals surface area contributed by atoms with Gasteiger partial charge in [0.25, 0.3) is 11.7 Å². The highest BCUT2D eigenvalue weighted by molar-refractivity contribution is 6.46. The maximum atomic E-state index is 13.1. The van der Waals surface area contributed by atoms with Gasteiger partial charge in [-0.05, 0) is 62.0 Å². The van der Waals surface area contributed by atoms with Crippen molar-refractivity contribution in [1.29, 1.82) is 0 Å². The summed E-state index contributed by atoms with van der Waals surface area (Å²) >= 11 is 12.4. The Kier molecular flexibility index (Phi) is 8.40. The van der Waals surface area contributed by atoms with Crippen LogP contribution in [0.1, 0.15) is 37.9 Å². The molecule has 1 heterocycles. The maximum absolute atomic E-state index is 13.1. The molecule has 2 aromatic rings. The number of Topliss-reactive ketones (excluding diaryl/α,β-unsaturated/α-hetero) is 1. The molecule has 0 spiro atoms. The van der Waals surface area contributed by atoms with Gasteiger partial charge in [0, 0.05) is 18.7 Å². The average molecular weight is 491 g/mol. The normalized spacial score (nSPS) is 17.8. The van der Waals surface area contributed by atoms with Gasteiger partial charge in [0.2, 0.25) is 0 Å². The summed E-state index contributed by atoms with van der Waals surface area (Å²) in [5.41, 5.74) is 1.06. The van der Waals surface area contributed by atoms with E-state index in [1.165, 1.54) is 4.90 Å². The van der Waals surface area contributed by atoms with Crippen LogP contribution in [0.25, 0.3) is 5.76 Å². The van der Waals surface area contributed by atoms with Crippen LogP contribution in [0.2, 0.25) is 10.0 Å². The number of rotatable bonds is 9. The fraction of sp³-hybridized carbons (Fsp3) is 0.360. The predicted molar refractivity (Wildman–Crippen MR) is 131 cm³/mol. The van der Waals surface area contributed by atoms with E-state index in [-0.39, 0.29) is 11.3 Å². The van der Waals surface area contributed by atoms with Gasteiger partial charge in [0.05, 0.1) is 28.3 Å². The van der Waals surface area contributed by atoms with E-state index in [1.54, 1.807) is 42.5 Å². The molecule has 1 amide bonds. The Balaban J connectivity index is 2.09. The molecule has 1 N–H and O–H groups in total.